The molecule has 3 rings (SSSR count). The van der Waals surface area contributed by atoms with Crippen LogP contribution in [-0.2, 0) is 12.8 Å². The van der Waals surface area contributed by atoms with Crippen LogP contribution in [0, 0.1) is 0 Å². The molecule has 0 atom stereocenters. The average Bonchev–Trinajstić information content (AvgIpc) is 2.72. The Kier molecular flexibility index (Phi) is 6.19. The maximum absolute atomic E-state index is 13.4. The van der Waals surface area contributed by atoms with E-state index in [2.05, 4.69) is 15.9 Å². The smallest absolute Gasteiger partial charge is 0.419 e. The molecular formula is C22H16BrF3O2. The quantitative estimate of drug-likeness (QED) is 0.316. The second-order valence-electron chi connectivity index (χ2n) is 6.12. The molecule has 0 saturated carbocycles. The number of carbonyl (C=O) groups excluding carboxylic acids is 1. The highest BCUT2D eigenvalue weighted by Gasteiger charge is 2.35. The molecule has 0 saturated heterocycles. The summed E-state index contributed by atoms with van der Waals surface area (Å²) in [7, 11) is 0. The van der Waals surface area contributed by atoms with Gasteiger partial charge in [0.1, 0.15) is 12.4 Å². The minimum Gasteiger partial charge on any atom is -0.488 e. The molecule has 0 heterocycles. The third kappa shape index (κ3) is 4.81. The van der Waals surface area contributed by atoms with Crippen molar-refractivity contribution in [3.05, 3.63) is 89.5 Å². The van der Waals surface area contributed by atoms with Gasteiger partial charge in [-0.3, -0.25) is 4.79 Å². The first-order valence-corrected chi connectivity index (χ1v) is 9.58. The van der Waals surface area contributed by atoms with E-state index in [9.17, 15) is 18.0 Å². The van der Waals surface area contributed by atoms with Crippen LogP contribution in [0.5, 0.6) is 5.75 Å². The zero-order chi connectivity index (χ0) is 20.1. The third-order valence-electron chi connectivity index (χ3n) is 4.18. The van der Waals surface area contributed by atoms with Crippen LogP contribution in [0.15, 0.2) is 72.8 Å². The minimum absolute atomic E-state index is 0.0100. The molecule has 0 aliphatic heterocycles. The SMILES string of the molecule is O=C(CBr)c1ccc(OCc2ccc(-c3ccccc3)cc2)c(C(F)(F)F)c1. The van der Waals surface area contributed by atoms with Crippen LogP contribution in [0.3, 0.4) is 0 Å². The summed E-state index contributed by atoms with van der Waals surface area (Å²) in [4.78, 5) is 11.7. The van der Waals surface area contributed by atoms with Gasteiger partial charge in [-0.15, -0.1) is 0 Å². The molecule has 0 radical (unpaired) electrons. The normalized spacial score (nSPS) is 11.3. The topological polar surface area (TPSA) is 26.3 Å². The predicted octanol–water partition coefficient (Wildman–Crippen LogP) is 6.53. The number of ether oxygens (including phenoxy) is 1. The summed E-state index contributed by atoms with van der Waals surface area (Å²) < 4.78 is 45.5. The molecule has 3 aromatic carbocycles. The zero-order valence-corrected chi connectivity index (χ0v) is 16.3. The first-order valence-electron chi connectivity index (χ1n) is 8.46. The van der Waals surface area contributed by atoms with Crippen LogP contribution in [0.25, 0.3) is 11.1 Å². The highest BCUT2D eigenvalue weighted by molar-refractivity contribution is 9.09. The van der Waals surface area contributed by atoms with Gasteiger partial charge < -0.3 is 4.74 Å². The molecule has 0 N–H and O–H groups in total. The molecule has 0 aromatic heterocycles. The second-order valence-corrected chi connectivity index (χ2v) is 6.68. The Hall–Kier alpha value is -2.60. The van der Waals surface area contributed by atoms with E-state index in [0.29, 0.717) is 0 Å². The molecular weight excluding hydrogens is 433 g/mol. The lowest BCUT2D eigenvalue weighted by Gasteiger charge is -2.15. The van der Waals surface area contributed by atoms with Gasteiger partial charge in [-0.05, 0) is 34.9 Å². The zero-order valence-electron chi connectivity index (χ0n) is 14.7. The Bertz CT molecular complexity index is 952. The van der Waals surface area contributed by atoms with Crippen molar-refractivity contribution in [3.63, 3.8) is 0 Å². The molecule has 0 fully saturated rings. The maximum atomic E-state index is 13.4. The van der Waals surface area contributed by atoms with Crippen molar-refractivity contribution in [2.45, 2.75) is 12.8 Å². The molecule has 28 heavy (non-hydrogen) atoms. The highest BCUT2D eigenvalue weighted by atomic mass is 79.9. The van der Waals surface area contributed by atoms with E-state index in [4.69, 9.17) is 4.74 Å². The molecule has 0 amide bonds. The lowest BCUT2D eigenvalue weighted by Crippen LogP contribution is -2.11. The van der Waals surface area contributed by atoms with Crippen LogP contribution >= 0.6 is 15.9 Å². The third-order valence-corrected chi connectivity index (χ3v) is 4.69. The Labute approximate surface area is 169 Å². The molecule has 6 heteroatoms. The van der Waals surface area contributed by atoms with Gasteiger partial charge in [0.25, 0.3) is 0 Å². The first kappa shape index (κ1) is 20.1. The van der Waals surface area contributed by atoms with E-state index in [1.807, 2.05) is 54.6 Å². The van der Waals surface area contributed by atoms with Gasteiger partial charge in [-0.1, -0.05) is 70.5 Å². The van der Waals surface area contributed by atoms with Crippen molar-refractivity contribution in [1.29, 1.82) is 0 Å². The summed E-state index contributed by atoms with van der Waals surface area (Å²) >= 11 is 2.97. The number of alkyl halides is 4. The van der Waals surface area contributed by atoms with Crippen LogP contribution < -0.4 is 4.74 Å². The van der Waals surface area contributed by atoms with Crippen molar-refractivity contribution in [1.82, 2.24) is 0 Å². The number of Topliss-reactive ketones (excluding diaryl/α,β-unsaturated/α-hetero) is 1. The Morgan fingerprint density at radius 1 is 0.893 bits per heavy atom. The Morgan fingerprint density at radius 2 is 1.54 bits per heavy atom. The summed E-state index contributed by atoms with van der Waals surface area (Å²) in [6.07, 6.45) is -4.62. The molecule has 144 valence electrons. The van der Waals surface area contributed by atoms with Crippen LogP contribution in [0.4, 0.5) is 13.2 Å². The predicted molar refractivity (Wildman–Crippen MR) is 106 cm³/mol. The summed E-state index contributed by atoms with van der Waals surface area (Å²) in [6.45, 7) is -0.0100. The van der Waals surface area contributed by atoms with Gasteiger partial charge >= 0.3 is 6.18 Å². The summed E-state index contributed by atoms with van der Waals surface area (Å²) in [5.41, 5.74) is 1.84. The summed E-state index contributed by atoms with van der Waals surface area (Å²) in [5, 5.41) is -0.0434. The van der Waals surface area contributed by atoms with Gasteiger partial charge in [0.2, 0.25) is 0 Å². The number of hydrogen-bond acceptors (Lipinski definition) is 2. The summed E-state index contributed by atoms with van der Waals surface area (Å²) in [6, 6.07) is 20.6. The van der Waals surface area contributed by atoms with Gasteiger partial charge in [0.15, 0.2) is 5.78 Å². The van der Waals surface area contributed by atoms with E-state index in [-0.39, 0.29) is 23.2 Å². The van der Waals surface area contributed by atoms with Gasteiger partial charge in [0.05, 0.1) is 10.9 Å². The van der Waals surface area contributed by atoms with Crippen molar-refractivity contribution < 1.29 is 22.7 Å². The van der Waals surface area contributed by atoms with E-state index < -0.39 is 17.5 Å². The highest BCUT2D eigenvalue weighted by Crippen LogP contribution is 2.37. The fraction of sp³-hybridized carbons (Fsp3) is 0.136. The van der Waals surface area contributed by atoms with Crippen molar-refractivity contribution in [2.75, 3.05) is 5.33 Å². The fourth-order valence-corrected chi connectivity index (χ4v) is 3.04. The Morgan fingerprint density at radius 3 is 2.14 bits per heavy atom. The van der Waals surface area contributed by atoms with Gasteiger partial charge in [-0.25, -0.2) is 0 Å². The van der Waals surface area contributed by atoms with E-state index >= 15 is 0 Å². The largest absolute Gasteiger partial charge is 0.488 e. The molecule has 0 aliphatic rings. The van der Waals surface area contributed by atoms with Crippen LogP contribution in [0.2, 0.25) is 0 Å². The van der Waals surface area contributed by atoms with Crippen LogP contribution in [-0.4, -0.2) is 11.1 Å². The van der Waals surface area contributed by atoms with E-state index in [1.165, 1.54) is 12.1 Å². The van der Waals surface area contributed by atoms with E-state index in [1.54, 1.807) is 0 Å². The average molecular weight is 449 g/mol. The first-order chi connectivity index (χ1) is 13.4. The van der Waals surface area contributed by atoms with Gasteiger partial charge in [-0.2, -0.15) is 13.2 Å². The fourth-order valence-electron chi connectivity index (χ4n) is 2.71. The number of ketones is 1. The van der Waals surface area contributed by atoms with Crippen molar-refractivity contribution in [2.24, 2.45) is 0 Å². The van der Waals surface area contributed by atoms with Crippen LogP contribution in [0.1, 0.15) is 21.5 Å². The molecule has 3 aromatic rings. The molecule has 0 unspecified atom stereocenters. The second kappa shape index (κ2) is 8.61. The monoisotopic (exact) mass is 448 g/mol. The molecule has 0 spiro atoms. The van der Waals surface area contributed by atoms with Crippen molar-refractivity contribution in [3.8, 4) is 16.9 Å². The number of benzene rings is 3. The lowest BCUT2D eigenvalue weighted by atomic mass is 10.0. The molecule has 2 nitrogen and oxygen atoms in total. The minimum atomic E-state index is -4.62. The number of halogens is 4. The molecule has 0 aliphatic carbocycles. The van der Waals surface area contributed by atoms with Gasteiger partial charge in [0, 0.05) is 5.56 Å². The summed E-state index contributed by atoms with van der Waals surface area (Å²) in [5.74, 6) is -0.723. The van der Waals surface area contributed by atoms with Crippen molar-refractivity contribution >= 4 is 21.7 Å². The van der Waals surface area contributed by atoms with E-state index in [0.717, 1.165) is 22.8 Å². The lowest BCUT2D eigenvalue weighted by molar-refractivity contribution is -0.139. The Balaban J connectivity index is 1.77. The standard InChI is InChI=1S/C22H16BrF3O2/c23-13-20(27)18-10-11-21(19(12-18)22(24,25)26)28-14-15-6-8-17(9-7-15)16-4-2-1-3-5-16/h1-12H,13-14H2. The number of rotatable bonds is 6. The number of carbonyl (C=O) groups is 1. The molecule has 0 bridgehead atoms. The number of hydrogen-bond donors (Lipinski definition) is 0. The maximum Gasteiger partial charge on any atom is 0.419 e.